The first-order chi connectivity index (χ1) is 9.13. The maximum atomic E-state index is 12.7. The molecule has 0 aromatic rings. The molecule has 1 fully saturated rings. The van der Waals surface area contributed by atoms with Crippen molar-refractivity contribution in [2.24, 2.45) is 11.3 Å². The summed E-state index contributed by atoms with van der Waals surface area (Å²) in [5.41, 5.74) is -0.846. The minimum atomic E-state index is -0.846. The van der Waals surface area contributed by atoms with Gasteiger partial charge in [-0.05, 0) is 31.6 Å². The first-order valence-electron chi connectivity index (χ1n) is 7.45. The molecule has 4 nitrogen and oxygen atoms in total. The Morgan fingerprint density at radius 3 is 2.53 bits per heavy atom. The van der Waals surface area contributed by atoms with Gasteiger partial charge in [-0.25, -0.2) is 0 Å². The van der Waals surface area contributed by atoms with Crippen LogP contribution < -0.4 is 0 Å². The van der Waals surface area contributed by atoms with Crippen LogP contribution in [0.25, 0.3) is 0 Å². The van der Waals surface area contributed by atoms with Gasteiger partial charge >= 0.3 is 0 Å². The predicted molar refractivity (Wildman–Crippen MR) is 74.3 cm³/mol. The van der Waals surface area contributed by atoms with Crippen molar-refractivity contribution in [3.8, 4) is 6.07 Å². The first-order valence-corrected chi connectivity index (χ1v) is 7.45. The van der Waals surface area contributed by atoms with Crippen LogP contribution in [0.4, 0.5) is 0 Å². The second-order valence-corrected chi connectivity index (χ2v) is 5.64. The van der Waals surface area contributed by atoms with Crippen molar-refractivity contribution in [1.29, 1.82) is 5.26 Å². The topological polar surface area (TPSA) is 64.3 Å². The second-order valence-electron chi connectivity index (χ2n) is 5.64. The van der Waals surface area contributed by atoms with Crippen molar-refractivity contribution < 1.29 is 9.90 Å². The molecule has 108 valence electrons. The maximum Gasteiger partial charge on any atom is 0.243 e. The van der Waals surface area contributed by atoms with Crippen molar-refractivity contribution in [2.45, 2.75) is 52.4 Å². The van der Waals surface area contributed by atoms with Gasteiger partial charge in [-0.2, -0.15) is 5.26 Å². The SMILES string of the molecule is CCCC(C#N)(CCC)C(=O)N1CCCC(CO)C1. The Balaban J connectivity index is 2.83. The van der Waals surface area contributed by atoms with Crippen LogP contribution in [0, 0.1) is 22.7 Å². The fourth-order valence-electron chi connectivity index (χ4n) is 3.05. The van der Waals surface area contributed by atoms with Gasteiger partial charge < -0.3 is 10.0 Å². The molecule has 0 aliphatic carbocycles. The molecule has 1 N–H and O–H groups in total. The highest BCUT2D eigenvalue weighted by Gasteiger charge is 2.41. The van der Waals surface area contributed by atoms with Gasteiger partial charge in [0.2, 0.25) is 5.91 Å². The van der Waals surface area contributed by atoms with Gasteiger partial charge in [0, 0.05) is 19.7 Å². The Kier molecular flexibility index (Phi) is 6.30. The van der Waals surface area contributed by atoms with Crippen molar-refractivity contribution in [2.75, 3.05) is 19.7 Å². The summed E-state index contributed by atoms with van der Waals surface area (Å²) in [5.74, 6) is 0.161. The largest absolute Gasteiger partial charge is 0.396 e. The number of amides is 1. The van der Waals surface area contributed by atoms with E-state index in [9.17, 15) is 15.2 Å². The molecule has 0 aromatic heterocycles. The Bertz CT molecular complexity index is 330. The van der Waals surface area contributed by atoms with Crippen LogP contribution in [-0.4, -0.2) is 35.6 Å². The van der Waals surface area contributed by atoms with Crippen molar-refractivity contribution >= 4 is 5.91 Å². The van der Waals surface area contributed by atoms with E-state index in [4.69, 9.17) is 0 Å². The van der Waals surface area contributed by atoms with E-state index in [0.29, 0.717) is 19.4 Å². The molecular formula is C15H26N2O2. The normalized spacial score (nSPS) is 20.1. The van der Waals surface area contributed by atoms with Gasteiger partial charge in [0.25, 0.3) is 0 Å². The monoisotopic (exact) mass is 266 g/mol. The standard InChI is InChI=1S/C15H26N2O2/c1-3-7-15(12-16,8-4-2)14(19)17-9-5-6-13(10-17)11-18/h13,18H,3-11H2,1-2H3. The molecule has 1 rings (SSSR count). The molecule has 0 aromatic carbocycles. The summed E-state index contributed by atoms with van der Waals surface area (Å²) < 4.78 is 0. The number of rotatable bonds is 6. The average molecular weight is 266 g/mol. The lowest BCUT2D eigenvalue weighted by Crippen LogP contribution is -2.48. The summed E-state index contributed by atoms with van der Waals surface area (Å²) in [7, 11) is 0. The van der Waals surface area contributed by atoms with Crippen molar-refractivity contribution in [1.82, 2.24) is 4.90 Å². The van der Waals surface area contributed by atoms with Crippen LogP contribution >= 0.6 is 0 Å². The van der Waals surface area contributed by atoms with E-state index in [1.807, 2.05) is 13.8 Å². The molecule has 1 heterocycles. The highest BCUT2D eigenvalue weighted by atomic mass is 16.3. The molecule has 1 atom stereocenters. The summed E-state index contributed by atoms with van der Waals surface area (Å²) in [6.07, 6.45) is 4.86. The third kappa shape index (κ3) is 3.70. The lowest BCUT2D eigenvalue weighted by Gasteiger charge is -2.37. The van der Waals surface area contributed by atoms with Gasteiger partial charge in [-0.3, -0.25) is 4.79 Å². The Labute approximate surface area is 116 Å². The summed E-state index contributed by atoms with van der Waals surface area (Å²) in [5, 5.41) is 18.8. The number of piperidine rings is 1. The van der Waals surface area contributed by atoms with E-state index >= 15 is 0 Å². The van der Waals surface area contributed by atoms with Gasteiger partial charge in [0.15, 0.2) is 0 Å². The number of carbonyl (C=O) groups excluding carboxylic acids is 1. The molecule has 19 heavy (non-hydrogen) atoms. The highest BCUT2D eigenvalue weighted by Crippen LogP contribution is 2.33. The zero-order chi connectivity index (χ0) is 14.3. The number of hydrogen-bond acceptors (Lipinski definition) is 3. The predicted octanol–water partition coefficient (Wildman–Crippen LogP) is 2.33. The zero-order valence-electron chi connectivity index (χ0n) is 12.2. The third-order valence-corrected chi connectivity index (χ3v) is 4.04. The average Bonchev–Trinajstić information content (AvgIpc) is 2.46. The Morgan fingerprint density at radius 1 is 1.42 bits per heavy atom. The van der Waals surface area contributed by atoms with Gasteiger partial charge in [-0.15, -0.1) is 0 Å². The van der Waals surface area contributed by atoms with Crippen LogP contribution in [0.2, 0.25) is 0 Å². The molecule has 0 bridgehead atoms. The summed E-state index contributed by atoms with van der Waals surface area (Å²) in [6.45, 7) is 5.49. The fraction of sp³-hybridized carbons (Fsp3) is 0.867. The number of nitriles is 1. The van der Waals surface area contributed by atoms with Crippen LogP contribution in [0.5, 0.6) is 0 Å². The van der Waals surface area contributed by atoms with E-state index in [1.165, 1.54) is 0 Å². The molecule has 1 aliphatic rings. The fourth-order valence-corrected chi connectivity index (χ4v) is 3.05. The zero-order valence-corrected chi connectivity index (χ0v) is 12.2. The van der Waals surface area contributed by atoms with Crippen LogP contribution in [0.3, 0.4) is 0 Å². The lowest BCUT2D eigenvalue weighted by molar-refractivity contribution is -0.142. The third-order valence-electron chi connectivity index (χ3n) is 4.04. The van der Waals surface area contributed by atoms with Crippen LogP contribution in [0.1, 0.15) is 52.4 Å². The number of hydrogen-bond donors (Lipinski definition) is 1. The van der Waals surface area contributed by atoms with Gasteiger partial charge in [0.05, 0.1) is 6.07 Å². The van der Waals surface area contributed by atoms with E-state index in [2.05, 4.69) is 6.07 Å². The number of likely N-dealkylation sites (tertiary alicyclic amines) is 1. The van der Waals surface area contributed by atoms with Crippen LogP contribution in [0.15, 0.2) is 0 Å². The van der Waals surface area contributed by atoms with E-state index in [0.717, 1.165) is 32.2 Å². The molecular weight excluding hydrogens is 240 g/mol. The molecule has 0 saturated carbocycles. The molecule has 1 unspecified atom stereocenters. The second kappa shape index (κ2) is 7.49. The minimum Gasteiger partial charge on any atom is -0.396 e. The molecule has 1 saturated heterocycles. The number of nitrogens with zero attached hydrogens (tertiary/aromatic N) is 2. The van der Waals surface area contributed by atoms with E-state index in [1.54, 1.807) is 4.90 Å². The maximum absolute atomic E-state index is 12.7. The Hall–Kier alpha value is -1.08. The molecule has 0 spiro atoms. The van der Waals surface area contributed by atoms with Gasteiger partial charge in [-0.1, -0.05) is 26.7 Å². The van der Waals surface area contributed by atoms with E-state index in [-0.39, 0.29) is 18.4 Å². The van der Waals surface area contributed by atoms with Crippen molar-refractivity contribution in [3.05, 3.63) is 0 Å². The number of aliphatic hydroxyl groups is 1. The molecule has 4 heteroatoms. The number of carbonyl (C=O) groups is 1. The van der Waals surface area contributed by atoms with E-state index < -0.39 is 5.41 Å². The summed E-state index contributed by atoms with van der Waals surface area (Å²) in [4.78, 5) is 14.5. The van der Waals surface area contributed by atoms with Gasteiger partial charge in [0.1, 0.15) is 5.41 Å². The lowest BCUT2D eigenvalue weighted by atomic mass is 9.78. The summed E-state index contributed by atoms with van der Waals surface area (Å²) >= 11 is 0. The molecule has 1 amide bonds. The number of aliphatic hydroxyl groups excluding tert-OH is 1. The smallest absolute Gasteiger partial charge is 0.243 e. The molecule has 1 aliphatic heterocycles. The molecule has 0 radical (unpaired) electrons. The minimum absolute atomic E-state index is 0.0168. The highest BCUT2D eigenvalue weighted by molar-refractivity contribution is 5.85. The van der Waals surface area contributed by atoms with Crippen LogP contribution in [-0.2, 0) is 4.79 Å². The van der Waals surface area contributed by atoms with Crippen molar-refractivity contribution in [3.63, 3.8) is 0 Å². The first kappa shape index (κ1) is 16.0. The summed E-state index contributed by atoms with van der Waals surface area (Å²) in [6, 6.07) is 2.29. The Morgan fingerprint density at radius 2 is 2.05 bits per heavy atom. The quantitative estimate of drug-likeness (QED) is 0.802.